The molecular formula is C18H26O2. The molecule has 0 unspecified atom stereocenters. The second-order valence-corrected chi connectivity index (χ2v) is 7.06. The van der Waals surface area contributed by atoms with Crippen molar-refractivity contribution in [1.82, 2.24) is 0 Å². The van der Waals surface area contributed by atoms with Gasteiger partial charge < -0.3 is 5.11 Å². The summed E-state index contributed by atoms with van der Waals surface area (Å²) < 4.78 is 0. The molecule has 2 rings (SSSR count). The Labute approximate surface area is 122 Å². The van der Waals surface area contributed by atoms with Crippen molar-refractivity contribution >= 4 is 5.97 Å². The van der Waals surface area contributed by atoms with Gasteiger partial charge in [-0.15, -0.1) is 0 Å². The average Bonchev–Trinajstić information content (AvgIpc) is 2.40. The summed E-state index contributed by atoms with van der Waals surface area (Å²) in [5, 5.41) is 9.19. The van der Waals surface area contributed by atoms with Gasteiger partial charge in [-0.1, -0.05) is 44.0 Å². The summed E-state index contributed by atoms with van der Waals surface area (Å²) in [7, 11) is 0. The van der Waals surface area contributed by atoms with Gasteiger partial charge in [0.25, 0.3) is 0 Å². The molecule has 0 aliphatic heterocycles. The van der Waals surface area contributed by atoms with Crippen molar-refractivity contribution in [2.75, 3.05) is 0 Å². The van der Waals surface area contributed by atoms with E-state index in [1.807, 2.05) is 0 Å². The van der Waals surface area contributed by atoms with Crippen LogP contribution >= 0.6 is 0 Å². The largest absolute Gasteiger partial charge is 0.481 e. The first-order valence-electron chi connectivity index (χ1n) is 7.71. The van der Waals surface area contributed by atoms with Gasteiger partial charge >= 0.3 is 5.97 Å². The second-order valence-electron chi connectivity index (χ2n) is 7.06. The molecule has 1 N–H and O–H groups in total. The Hall–Kier alpha value is -1.31. The number of carboxylic acid groups (broad SMARTS) is 1. The fourth-order valence-electron chi connectivity index (χ4n) is 3.09. The molecule has 0 radical (unpaired) electrons. The normalized spacial score (nSPS) is 23.6. The molecule has 0 atom stereocenters. The average molecular weight is 274 g/mol. The number of benzene rings is 1. The van der Waals surface area contributed by atoms with Crippen LogP contribution < -0.4 is 0 Å². The number of hydrogen-bond donors (Lipinski definition) is 1. The highest BCUT2D eigenvalue weighted by atomic mass is 16.4. The Kier molecular flexibility index (Phi) is 4.52. The second kappa shape index (κ2) is 5.99. The zero-order valence-electron chi connectivity index (χ0n) is 12.9. The first kappa shape index (κ1) is 15.1. The fraction of sp³-hybridized carbons (Fsp3) is 0.611. The van der Waals surface area contributed by atoms with Gasteiger partial charge in [0.2, 0.25) is 0 Å². The Balaban J connectivity index is 2.01. The van der Waals surface area contributed by atoms with E-state index in [1.54, 1.807) is 13.8 Å². The molecule has 0 heterocycles. The zero-order chi connectivity index (χ0) is 14.8. The van der Waals surface area contributed by atoms with Gasteiger partial charge in [0.1, 0.15) is 0 Å². The minimum absolute atomic E-state index is 0.588. The molecule has 1 aromatic carbocycles. The molecule has 0 bridgehead atoms. The smallest absolute Gasteiger partial charge is 0.309 e. The van der Waals surface area contributed by atoms with Gasteiger partial charge in [0, 0.05) is 0 Å². The van der Waals surface area contributed by atoms with Crippen LogP contribution in [0.2, 0.25) is 0 Å². The molecule has 1 saturated carbocycles. The highest BCUT2D eigenvalue weighted by Crippen LogP contribution is 2.35. The van der Waals surface area contributed by atoms with Gasteiger partial charge in [-0.25, -0.2) is 0 Å². The lowest BCUT2D eigenvalue weighted by Gasteiger charge is -2.26. The Morgan fingerprint density at radius 1 is 1.15 bits per heavy atom. The maximum atomic E-state index is 11.2. The minimum atomic E-state index is -0.733. The highest BCUT2D eigenvalue weighted by molar-refractivity contribution is 5.74. The third kappa shape index (κ3) is 3.62. The third-order valence-corrected chi connectivity index (χ3v) is 4.69. The van der Waals surface area contributed by atoms with E-state index >= 15 is 0 Å². The number of carboxylic acids is 1. The van der Waals surface area contributed by atoms with E-state index in [0.29, 0.717) is 12.3 Å². The Morgan fingerprint density at radius 3 is 2.20 bits per heavy atom. The molecule has 0 aromatic heterocycles. The number of carbonyl (C=O) groups is 1. The van der Waals surface area contributed by atoms with E-state index in [1.165, 1.54) is 31.2 Å². The van der Waals surface area contributed by atoms with Crippen LogP contribution in [0.4, 0.5) is 0 Å². The van der Waals surface area contributed by atoms with Crippen LogP contribution in [0.15, 0.2) is 24.3 Å². The van der Waals surface area contributed by atoms with Crippen molar-refractivity contribution < 1.29 is 9.90 Å². The standard InChI is InChI=1S/C18H26O2/c1-13-4-8-15(9-5-13)16-10-6-14(7-11-16)12-18(2,3)17(19)20/h6-7,10-11,13,15H,4-5,8-9,12H2,1-3H3,(H,19,20). The molecular weight excluding hydrogens is 248 g/mol. The lowest BCUT2D eigenvalue weighted by Crippen LogP contribution is -2.26. The number of aliphatic carboxylic acids is 1. The quantitative estimate of drug-likeness (QED) is 0.869. The molecule has 0 saturated heterocycles. The van der Waals surface area contributed by atoms with Crippen molar-refractivity contribution in [3.8, 4) is 0 Å². The van der Waals surface area contributed by atoms with E-state index in [9.17, 15) is 9.90 Å². The van der Waals surface area contributed by atoms with Crippen molar-refractivity contribution in [1.29, 1.82) is 0 Å². The fourth-order valence-corrected chi connectivity index (χ4v) is 3.09. The van der Waals surface area contributed by atoms with Crippen LogP contribution in [0, 0.1) is 11.3 Å². The summed E-state index contributed by atoms with van der Waals surface area (Å²) in [6, 6.07) is 8.62. The summed E-state index contributed by atoms with van der Waals surface area (Å²) in [5.74, 6) is 0.845. The first-order chi connectivity index (χ1) is 9.38. The molecule has 110 valence electrons. The van der Waals surface area contributed by atoms with E-state index in [-0.39, 0.29) is 0 Å². The van der Waals surface area contributed by atoms with Crippen LogP contribution in [-0.2, 0) is 11.2 Å². The molecule has 2 nitrogen and oxygen atoms in total. The van der Waals surface area contributed by atoms with E-state index in [0.717, 1.165) is 11.5 Å². The maximum Gasteiger partial charge on any atom is 0.309 e. The van der Waals surface area contributed by atoms with E-state index < -0.39 is 11.4 Å². The van der Waals surface area contributed by atoms with Gasteiger partial charge in [-0.3, -0.25) is 4.79 Å². The third-order valence-electron chi connectivity index (χ3n) is 4.69. The monoisotopic (exact) mass is 274 g/mol. The molecule has 1 aliphatic rings. The first-order valence-corrected chi connectivity index (χ1v) is 7.71. The molecule has 0 amide bonds. The number of hydrogen-bond acceptors (Lipinski definition) is 1. The SMILES string of the molecule is CC1CCC(c2ccc(CC(C)(C)C(=O)O)cc2)CC1. The Morgan fingerprint density at radius 2 is 1.70 bits per heavy atom. The summed E-state index contributed by atoms with van der Waals surface area (Å²) in [6.07, 6.45) is 5.84. The molecule has 1 fully saturated rings. The molecule has 0 spiro atoms. The van der Waals surface area contributed by atoms with Gasteiger partial charge in [0.05, 0.1) is 5.41 Å². The van der Waals surface area contributed by atoms with Gasteiger partial charge in [0.15, 0.2) is 0 Å². The van der Waals surface area contributed by atoms with Crippen molar-refractivity contribution in [3.05, 3.63) is 35.4 Å². The summed E-state index contributed by atoms with van der Waals surface area (Å²) in [4.78, 5) is 11.2. The predicted molar refractivity (Wildman–Crippen MR) is 81.9 cm³/mol. The maximum absolute atomic E-state index is 11.2. The van der Waals surface area contributed by atoms with E-state index in [2.05, 4.69) is 31.2 Å². The Bertz CT molecular complexity index is 451. The summed E-state index contributed by atoms with van der Waals surface area (Å²) in [5.41, 5.74) is 1.85. The highest BCUT2D eigenvalue weighted by Gasteiger charge is 2.27. The number of rotatable bonds is 4. The van der Waals surface area contributed by atoms with Crippen molar-refractivity contribution in [3.63, 3.8) is 0 Å². The zero-order valence-corrected chi connectivity index (χ0v) is 12.9. The lowest BCUT2D eigenvalue weighted by molar-refractivity contribution is -0.146. The molecule has 20 heavy (non-hydrogen) atoms. The molecule has 1 aromatic rings. The van der Waals surface area contributed by atoms with Crippen molar-refractivity contribution in [2.45, 2.75) is 58.8 Å². The lowest BCUT2D eigenvalue weighted by atomic mass is 9.79. The van der Waals surface area contributed by atoms with Crippen LogP contribution in [0.1, 0.15) is 63.5 Å². The minimum Gasteiger partial charge on any atom is -0.481 e. The van der Waals surface area contributed by atoms with Crippen molar-refractivity contribution in [2.24, 2.45) is 11.3 Å². The van der Waals surface area contributed by atoms with Gasteiger partial charge in [-0.2, -0.15) is 0 Å². The summed E-state index contributed by atoms with van der Waals surface area (Å²) in [6.45, 7) is 5.91. The van der Waals surface area contributed by atoms with Crippen LogP contribution in [-0.4, -0.2) is 11.1 Å². The van der Waals surface area contributed by atoms with E-state index in [4.69, 9.17) is 0 Å². The molecule has 2 heteroatoms. The van der Waals surface area contributed by atoms with Gasteiger partial charge in [-0.05, 0) is 56.1 Å². The molecule has 1 aliphatic carbocycles. The van der Waals surface area contributed by atoms with Crippen LogP contribution in [0.25, 0.3) is 0 Å². The van der Waals surface area contributed by atoms with Crippen LogP contribution in [0.5, 0.6) is 0 Å². The summed E-state index contributed by atoms with van der Waals surface area (Å²) >= 11 is 0. The topological polar surface area (TPSA) is 37.3 Å². The van der Waals surface area contributed by atoms with Crippen LogP contribution in [0.3, 0.4) is 0 Å². The predicted octanol–water partition coefficient (Wildman–Crippen LogP) is 4.63.